The molecule has 1 saturated carbocycles. The molecule has 28 heavy (non-hydrogen) atoms. The summed E-state index contributed by atoms with van der Waals surface area (Å²) in [5, 5.41) is 14.0. The van der Waals surface area contributed by atoms with Crippen LogP contribution in [-0.4, -0.2) is 35.7 Å². The van der Waals surface area contributed by atoms with Crippen molar-refractivity contribution in [3.8, 4) is 5.75 Å². The van der Waals surface area contributed by atoms with Crippen molar-refractivity contribution in [2.24, 2.45) is 5.92 Å². The molecule has 0 amide bonds. The second kappa shape index (κ2) is 10.6. The van der Waals surface area contributed by atoms with E-state index in [4.69, 9.17) is 0 Å². The van der Waals surface area contributed by atoms with Gasteiger partial charge in [-0.05, 0) is 81.6 Å². The number of unbranched alkanes of at least 4 members (excludes halogenated alkanes) is 3. The first-order valence-electron chi connectivity index (χ1n) is 12.0. The van der Waals surface area contributed by atoms with E-state index in [0.29, 0.717) is 5.75 Å². The summed E-state index contributed by atoms with van der Waals surface area (Å²) in [6.07, 6.45) is 14.2. The third kappa shape index (κ3) is 5.51. The van der Waals surface area contributed by atoms with E-state index in [1.165, 1.54) is 89.3 Å². The van der Waals surface area contributed by atoms with Crippen molar-refractivity contribution >= 4 is 0 Å². The number of rotatable bonds is 10. The SMILES string of the molecule is CCCCCCNC1(c2cccc(O)c2)CCC(N2CCC(CCC)C2)CC1. The summed E-state index contributed by atoms with van der Waals surface area (Å²) < 4.78 is 0. The Balaban J connectivity index is 1.61. The molecule has 0 aromatic heterocycles. The van der Waals surface area contributed by atoms with Crippen LogP contribution in [0.2, 0.25) is 0 Å². The lowest BCUT2D eigenvalue weighted by molar-refractivity contribution is 0.124. The number of hydrogen-bond donors (Lipinski definition) is 2. The lowest BCUT2D eigenvalue weighted by atomic mass is 9.74. The van der Waals surface area contributed by atoms with Crippen LogP contribution in [0.5, 0.6) is 5.75 Å². The van der Waals surface area contributed by atoms with Crippen LogP contribution >= 0.6 is 0 Å². The molecule has 1 heterocycles. The predicted molar refractivity (Wildman–Crippen MR) is 119 cm³/mol. The van der Waals surface area contributed by atoms with Gasteiger partial charge in [0.15, 0.2) is 0 Å². The lowest BCUT2D eigenvalue weighted by Gasteiger charge is -2.44. The van der Waals surface area contributed by atoms with Gasteiger partial charge in [0, 0.05) is 18.1 Å². The van der Waals surface area contributed by atoms with E-state index in [9.17, 15) is 5.11 Å². The highest BCUT2D eigenvalue weighted by molar-refractivity contribution is 5.33. The molecule has 1 aliphatic heterocycles. The van der Waals surface area contributed by atoms with Crippen molar-refractivity contribution in [3.63, 3.8) is 0 Å². The van der Waals surface area contributed by atoms with E-state index < -0.39 is 0 Å². The maximum absolute atomic E-state index is 10.1. The van der Waals surface area contributed by atoms with E-state index in [2.05, 4.69) is 30.1 Å². The molecule has 158 valence electrons. The van der Waals surface area contributed by atoms with E-state index in [1.807, 2.05) is 12.1 Å². The van der Waals surface area contributed by atoms with Crippen LogP contribution in [0.4, 0.5) is 0 Å². The fourth-order valence-corrected chi connectivity index (χ4v) is 5.55. The van der Waals surface area contributed by atoms with Gasteiger partial charge < -0.3 is 15.3 Å². The Morgan fingerprint density at radius 3 is 2.61 bits per heavy atom. The quantitative estimate of drug-likeness (QED) is 0.497. The molecule has 1 atom stereocenters. The average molecular weight is 387 g/mol. The van der Waals surface area contributed by atoms with E-state index in [1.54, 1.807) is 6.07 Å². The Kier molecular flexibility index (Phi) is 8.23. The van der Waals surface area contributed by atoms with Crippen molar-refractivity contribution in [2.45, 2.75) is 96.1 Å². The first kappa shape index (κ1) is 21.6. The second-order valence-electron chi connectivity index (χ2n) is 9.29. The molecule has 3 rings (SSSR count). The molecule has 3 nitrogen and oxygen atoms in total. The molecule has 1 aliphatic carbocycles. The third-order valence-corrected chi connectivity index (χ3v) is 7.23. The summed E-state index contributed by atoms with van der Waals surface area (Å²) in [5.74, 6) is 1.33. The van der Waals surface area contributed by atoms with Crippen molar-refractivity contribution < 1.29 is 5.11 Å². The van der Waals surface area contributed by atoms with Crippen LogP contribution in [0.3, 0.4) is 0 Å². The summed E-state index contributed by atoms with van der Waals surface area (Å²) in [7, 11) is 0. The minimum Gasteiger partial charge on any atom is -0.508 e. The maximum atomic E-state index is 10.1. The van der Waals surface area contributed by atoms with E-state index in [0.717, 1.165) is 18.5 Å². The molecule has 1 aromatic rings. The summed E-state index contributed by atoms with van der Waals surface area (Å²) in [6, 6.07) is 8.77. The molecule has 2 fully saturated rings. The van der Waals surface area contributed by atoms with Crippen LogP contribution < -0.4 is 5.32 Å². The van der Waals surface area contributed by atoms with Crippen molar-refractivity contribution in [1.29, 1.82) is 0 Å². The largest absolute Gasteiger partial charge is 0.508 e. The normalized spacial score (nSPS) is 28.6. The minimum absolute atomic E-state index is 0.0456. The fourth-order valence-electron chi connectivity index (χ4n) is 5.55. The number of phenolic OH excluding ortho intramolecular Hbond substituents is 1. The Labute approximate surface area is 172 Å². The molecule has 3 heteroatoms. The van der Waals surface area contributed by atoms with Crippen LogP contribution in [0.15, 0.2) is 24.3 Å². The number of nitrogens with zero attached hydrogens (tertiary/aromatic N) is 1. The lowest BCUT2D eigenvalue weighted by Crippen LogP contribution is -2.49. The number of aromatic hydroxyl groups is 1. The summed E-state index contributed by atoms with van der Waals surface area (Å²) >= 11 is 0. The van der Waals surface area contributed by atoms with Gasteiger partial charge in [0.05, 0.1) is 0 Å². The summed E-state index contributed by atoms with van der Waals surface area (Å²) in [5.41, 5.74) is 1.33. The monoisotopic (exact) mass is 386 g/mol. The third-order valence-electron chi connectivity index (χ3n) is 7.23. The molecule has 1 aromatic carbocycles. The highest BCUT2D eigenvalue weighted by atomic mass is 16.3. The summed E-state index contributed by atoms with van der Waals surface area (Å²) in [4.78, 5) is 2.79. The molecular formula is C25H42N2O. The second-order valence-corrected chi connectivity index (χ2v) is 9.29. The zero-order valence-corrected chi connectivity index (χ0v) is 18.3. The van der Waals surface area contributed by atoms with Crippen LogP contribution in [-0.2, 0) is 5.54 Å². The Morgan fingerprint density at radius 1 is 1.07 bits per heavy atom. The molecule has 0 spiro atoms. The van der Waals surface area contributed by atoms with Gasteiger partial charge in [-0.1, -0.05) is 51.7 Å². The zero-order chi connectivity index (χ0) is 19.8. The molecule has 2 aliphatic rings. The van der Waals surface area contributed by atoms with Crippen LogP contribution in [0.1, 0.15) is 90.0 Å². The molecule has 1 saturated heterocycles. The van der Waals surface area contributed by atoms with Gasteiger partial charge >= 0.3 is 0 Å². The van der Waals surface area contributed by atoms with Crippen LogP contribution in [0, 0.1) is 5.92 Å². The van der Waals surface area contributed by atoms with Gasteiger partial charge in [0.1, 0.15) is 5.75 Å². The molecule has 0 bridgehead atoms. The topological polar surface area (TPSA) is 35.5 Å². The van der Waals surface area contributed by atoms with Crippen LogP contribution in [0.25, 0.3) is 0 Å². The first-order valence-corrected chi connectivity index (χ1v) is 12.0. The minimum atomic E-state index is 0.0456. The summed E-state index contributed by atoms with van der Waals surface area (Å²) in [6.45, 7) is 8.30. The van der Waals surface area contributed by atoms with Crippen molar-refractivity contribution in [2.75, 3.05) is 19.6 Å². The number of hydrogen-bond acceptors (Lipinski definition) is 3. The Morgan fingerprint density at radius 2 is 1.89 bits per heavy atom. The van der Waals surface area contributed by atoms with Gasteiger partial charge in [-0.15, -0.1) is 0 Å². The van der Waals surface area contributed by atoms with Gasteiger partial charge in [0.2, 0.25) is 0 Å². The van der Waals surface area contributed by atoms with Gasteiger partial charge in [-0.25, -0.2) is 0 Å². The van der Waals surface area contributed by atoms with Crippen molar-refractivity contribution in [3.05, 3.63) is 29.8 Å². The van der Waals surface area contributed by atoms with E-state index >= 15 is 0 Å². The first-order chi connectivity index (χ1) is 13.7. The Bertz CT molecular complexity index is 580. The number of phenols is 1. The standard InChI is InChI=1S/C25H42N2O/c1-3-5-6-7-17-26-25(22-10-8-11-24(28)19-22)15-12-23(13-16-25)27-18-14-21(20-27)9-4-2/h8,10-11,19,21,23,26,28H,3-7,9,12-18,20H2,1-2H3. The predicted octanol–water partition coefficient (Wildman–Crippen LogP) is 5.82. The Hall–Kier alpha value is -1.06. The van der Waals surface area contributed by atoms with Gasteiger partial charge in [0.25, 0.3) is 0 Å². The zero-order valence-electron chi connectivity index (χ0n) is 18.3. The highest BCUT2D eigenvalue weighted by Crippen LogP contribution is 2.41. The number of likely N-dealkylation sites (tertiary alicyclic amines) is 1. The fraction of sp³-hybridized carbons (Fsp3) is 0.760. The molecular weight excluding hydrogens is 344 g/mol. The van der Waals surface area contributed by atoms with Crippen molar-refractivity contribution in [1.82, 2.24) is 10.2 Å². The van der Waals surface area contributed by atoms with Gasteiger partial charge in [-0.3, -0.25) is 0 Å². The smallest absolute Gasteiger partial charge is 0.115 e. The average Bonchev–Trinajstić information content (AvgIpc) is 3.17. The molecule has 1 unspecified atom stereocenters. The molecule has 2 N–H and O–H groups in total. The van der Waals surface area contributed by atoms with E-state index in [-0.39, 0.29) is 5.54 Å². The highest BCUT2D eigenvalue weighted by Gasteiger charge is 2.39. The maximum Gasteiger partial charge on any atom is 0.115 e. The van der Waals surface area contributed by atoms with Gasteiger partial charge in [-0.2, -0.15) is 0 Å². The molecule has 0 radical (unpaired) electrons. The number of benzene rings is 1. The number of nitrogens with one attached hydrogen (secondary N) is 1.